The summed E-state index contributed by atoms with van der Waals surface area (Å²) in [5.74, 6) is 0.749. The number of hydrogen-bond donors (Lipinski definition) is 0. The van der Waals surface area contributed by atoms with Crippen molar-refractivity contribution in [2.75, 3.05) is 7.05 Å². The van der Waals surface area contributed by atoms with Gasteiger partial charge in [-0.15, -0.1) is 0 Å². The number of hydrogen-bond acceptors (Lipinski definition) is 3. The molecule has 0 radical (unpaired) electrons. The van der Waals surface area contributed by atoms with Crippen molar-refractivity contribution in [1.29, 1.82) is 0 Å². The highest BCUT2D eigenvalue weighted by Crippen LogP contribution is 2.28. The first kappa shape index (κ1) is 15.9. The van der Waals surface area contributed by atoms with Crippen LogP contribution in [0.2, 0.25) is 0 Å². The van der Waals surface area contributed by atoms with Crippen LogP contribution in [0.25, 0.3) is 22.4 Å². The number of carbonyl (C=O) groups is 1. The van der Waals surface area contributed by atoms with E-state index in [1.807, 2.05) is 54.4 Å². The highest BCUT2D eigenvalue weighted by atomic mass is 16.3. The lowest BCUT2D eigenvalue weighted by molar-refractivity contribution is 0.0698. The molecule has 4 nitrogen and oxygen atoms in total. The molecule has 0 bridgehead atoms. The summed E-state index contributed by atoms with van der Waals surface area (Å²) >= 11 is 0. The molecular weight excluding hydrogens is 312 g/mol. The second-order valence-electron chi connectivity index (χ2n) is 6.76. The largest absolute Gasteiger partial charge is 0.463 e. The van der Waals surface area contributed by atoms with E-state index in [1.54, 1.807) is 6.26 Å². The number of furan rings is 1. The second kappa shape index (κ2) is 6.71. The number of amides is 1. The number of para-hydroxylation sites is 1. The van der Waals surface area contributed by atoms with Gasteiger partial charge in [0.05, 0.1) is 17.3 Å². The Morgan fingerprint density at radius 1 is 1.12 bits per heavy atom. The van der Waals surface area contributed by atoms with E-state index in [4.69, 9.17) is 4.42 Å². The van der Waals surface area contributed by atoms with E-state index in [0.29, 0.717) is 23.1 Å². The van der Waals surface area contributed by atoms with Gasteiger partial charge in [-0.2, -0.15) is 0 Å². The lowest BCUT2D eigenvalue weighted by Gasteiger charge is -2.31. The smallest absolute Gasteiger partial charge is 0.254 e. The third-order valence-electron chi connectivity index (χ3n) is 5.16. The molecule has 0 aliphatic heterocycles. The van der Waals surface area contributed by atoms with Crippen LogP contribution < -0.4 is 0 Å². The van der Waals surface area contributed by atoms with E-state index in [2.05, 4.69) is 4.98 Å². The Labute approximate surface area is 147 Å². The van der Waals surface area contributed by atoms with E-state index in [9.17, 15) is 4.79 Å². The van der Waals surface area contributed by atoms with Gasteiger partial charge in [0, 0.05) is 18.5 Å². The third kappa shape index (κ3) is 3.04. The molecule has 0 spiro atoms. The first-order valence-electron chi connectivity index (χ1n) is 8.95. The van der Waals surface area contributed by atoms with Crippen LogP contribution in [0.15, 0.2) is 53.1 Å². The van der Waals surface area contributed by atoms with Gasteiger partial charge < -0.3 is 9.32 Å². The molecule has 4 rings (SSSR count). The summed E-state index contributed by atoms with van der Waals surface area (Å²) in [5, 5.41) is 0.894. The lowest BCUT2D eigenvalue weighted by atomic mass is 9.94. The Kier molecular flexibility index (Phi) is 4.26. The molecule has 1 amide bonds. The van der Waals surface area contributed by atoms with Crippen LogP contribution in [0.1, 0.15) is 42.5 Å². The highest BCUT2D eigenvalue weighted by Gasteiger charge is 2.25. The third-order valence-corrected chi connectivity index (χ3v) is 5.16. The molecule has 1 fully saturated rings. The minimum Gasteiger partial charge on any atom is -0.463 e. The predicted molar refractivity (Wildman–Crippen MR) is 98.4 cm³/mol. The maximum atomic E-state index is 13.2. The van der Waals surface area contributed by atoms with Crippen molar-refractivity contribution in [3.05, 3.63) is 54.3 Å². The number of benzene rings is 1. The second-order valence-corrected chi connectivity index (χ2v) is 6.76. The van der Waals surface area contributed by atoms with Gasteiger partial charge in [0.1, 0.15) is 5.69 Å². The van der Waals surface area contributed by atoms with Gasteiger partial charge in [-0.1, -0.05) is 37.5 Å². The van der Waals surface area contributed by atoms with Crippen molar-refractivity contribution in [2.24, 2.45) is 0 Å². The fourth-order valence-corrected chi connectivity index (χ4v) is 3.73. The van der Waals surface area contributed by atoms with Crippen molar-refractivity contribution in [3.8, 4) is 11.5 Å². The molecule has 0 atom stereocenters. The summed E-state index contributed by atoms with van der Waals surface area (Å²) in [7, 11) is 1.93. The van der Waals surface area contributed by atoms with E-state index in [1.165, 1.54) is 19.3 Å². The number of pyridine rings is 1. The van der Waals surface area contributed by atoms with Crippen LogP contribution in [0.5, 0.6) is 0 Å². The summed E-state index contributed by atoms with van der Waals surface area (Å²) in [6, 6.07) is 13.7. The predicted octanol–water partition coefficient (Wildman–Crippen LogP) is 4.90. The average Bonchev–Trinajstić information content (AvgIpc) is 3.21. The molecule has 3 aromatic rings. The van der Waals surface area contributed by atoms with Crippen LogP contribution in [0.3, 0.4) is 0 Å². The van der Waals surface area contributed by atoms with Crippen molar-refractivity contribution in [1.82, 2.24) is 9.88 Å². The Balaban J connectivity index is 1.78. The summed E-state index contributed by atoms with van der Waals surface area (Å²) in [4.78, 5) is 19.8. The van der Waals surface area contributed by atoms with Gasteiger partial charge in [-0.3, -0.25) is 4.79 Å². The Morgan fingerprint density at radius 3 is 2.68 bits per heavy atom. The molecule has 0 N–H and O–H groups in total. The molecule has 0 unspecified atom stereocenters. The number of rotatable bonds is 3. The molecule has 128 valence electrons. The quantitative estimate of drug-likeness (QED) is 0.684. The number of nitrogens with zero attached hydrogens (tertiary/aromatic N) is 2. The van der Waals surface area contributed by atoms with Crippen LogP contribution in [-0.4, -0.2) is 28.9 Å². The molecule has 1 aliphatic rings. The van der Waals surface area contributed by atoms with Gasteiger partial charge in [-0.25, -0.2) is 4.98 Å². The molecule has 25 heavy (non-hydrogen) atoms. The Morgan fingerprint density at radius 2 is 1.92 bits per heavy atom. The molecule has 2 aromatic heterocycles. The van der Waals surface area contributed by atoms with Crippen LogP contribution in [-0.2, 0) is 0 Å². The molecule has 1 saturated carbocycles. The van der Waals surface area contributed by atoms with Crippen molar-refractivity contribution in [2.45, 2.75) is 38.1 Å². The van der Waals surface area contributed by atoms with E-state index in [0.717, 1.165) is 23.7 Å². The fourth-order valence-electron chi connectivity index (χ4n) is 3.73. The molecule has 0 saturated heterocycles. The van der Waals surface area contributed by atoms with E-state index >= 15 is 0 Å². The molecular formula is C21H22N2O2. The summed E-state index contributed by atoms with van der Waals surface area (Å²) in [5.41, 5.74) is 2.21. The van der Waals surface area contributed by atoms with Crippen molar-refractivity contribution in [3.63, 3.8) is 0 Å². The zero-order valence-electron chi connectivity index (χ0n) is 14.4. The summed E-state index contributed by atoms with van der Waals surface area (Å²) < 4.78 is 5.49. The normalized spacial score (nSPS) is 15.4. The maximum absolute atomic E-state index is 13.2. The number of fused-ring (bicyclic) bond motifs is 1. The minimum absolute atomic E-state index is 0.0679. The zero-order valence-corrected chi connectivity index (χ0v) is 14.4. The van der Waals surface area contributed by atoms with E-state index in [-0.39, 0.29) is 5.91 Å². The van der Waals surface area contributed by atoms with E-state index < -0.39 is 0 Å². The standard InChI is InChI=1S/C21H22N2O2/c1-23(15-8-3-2-4-9-15)21(24)17-14-19(20-12-7-13-25-20)22-18-11-6-5-10-16(17)18/h5-7,10-15H,2-4,8-9H2,1H3. The van der Waals surface area contributed by atoms with Crippen LogP contribution in [0, 0.1) is 0 Å². The van der Waals surface area contributed by atoms with Gasteiger partial charge in [0.25, 0.3) is 5.91 Å². The number of aromatic nitrogens is 1. The van der Waals surface area contributed by atoms with Gasteiger partial charge in [0.2, 0.25) is 0 Å². The zero-order chi connectivity index (χ0) is 17.2. The Bertz CT molecular complexity index is 880. The number of carbonyl (C=O) groups excluding carboxylic acids is 1. The molecule has 1 aromatic carbocycles. The van der Waals surface area contributed by atoms with Crippen molar-refractivity contribution >= 4 is 16.8 Å². The van der Waals surface area contributed by atoms with Crippen molar-refractivity contribution < 1.29 is 9.21 Å². The van der Waals surface area contributed by atoms with Crippen LogP contribution >= 0.6 is 0 Å². The summed E-state index contributed by atoms with van der Waals surface area (Å²) in [6.07, 6.45) is 7.50. The maximum Gasteiger partial charge on any atom is 0.254 e. The van der Waals surface area contributed by atoms with Crippen LogP contribution in [0.4, 0.5) is 0 Å². The lowest BCUT2D eigenvalue weighted by Crippen LogP contribution is -2.38. The monoisotopic (exact) mass is 334 g/mol. The van der Waals surface area contributed by atoms with Gasteiger partial charge in [-0.05, 0) is 37.1 Å². The Hall–Kier alpha value is -2.62. The highest BCUT2D eigenvalue weighted by molar-refractivity contribution is 6.07. The first-order valence-corrected chi connectivity index (χ1v) is 8.95. The van der Waals surface area contributed by atoms with Gasteiger partial charge in [0.15, 0.2) is 5.76 Å². The molecule has 2 heterocycles. The molecule has 1 aliphatic carbocycles. The topological polar surface area (TPSA) is 46.3 Å². The average molecular weight is 334 g/mol. The summed E-state index contributed by atoms with van der Waals surface area (Å²) in [6.45, 7) is 0. The molecule has 4 heteroatoms. The minimum atomic E-state index is 0.0679. The fraction of sp³-hybridized carbons (Fsp3) is 0.333. The first-order chi connectivity index (χ1) is 12.2. The SMILES string of the molecule is CN(C(=O)c1cc(-c2ccco2)nc2ccccc12)C1CCCCC1. The van der Waals surface area contributed by atoms with Gasteiger partial charge >= 0.3 is 0 Å².